The minimum Gasteiger partial charge on any atom is -0.454 e. The summed E-state index contributed by atoms with van der Waals surface area (Å²) in [7, 11) is 0. The normalized spacial score (nSPS) is 16.1. The van der Waals surface area contributed by atoms with Gasteiger partial charge in [0.05, 0.1) is 12.2 Å². The summed E-state index contributed by atoms with van der Waals surface area (Å²) in [6.45, 7) is 2.15. The first-order chi connectivity index (χ1) is 17.9. The number of imide groups is 2. The molecule has 8 nitrogen and oxygen atoms in total. The highest BCUT2D eigenvalue weighted by Crippen LogP contribution is 2.37. The number of halogens is 1. The lowest BCUT2D eigenvalue weighted by atomic mass is 10.0. The molecule has 1 fully saturated rings. The molecule has 1 aromatic heterocycles. The van der Waals surface area contributed by atoms with Gasteiger partial charge in [-0.3, -0.25) is 14.9 Å². The Hall–Kier alpha value is -4.92. The molecular formula is C28H20FN3O5. The smallest absolute Gasteiger partial charge is 0.335 e. The SMILES string of the molecule is Cc1c(C=C2C(=O)NC(=O)N(c3ccc4c(c3)OCO4)C2=O)c2ccccc2n1Cc1ccccc1F. The number of aromatic nitrogens is 1. The molecule has 9 heteroatoms. The molecule has 0 radical (unpaired) electrons. The van der Waals surface area contributed by atoms with Gasteiger partial charge in [0.1, 0.15) is 11.4 Å². The van der Waals surface area contributed by atoms with Crippen molar-refractivity contribution >= 4 is 40.5 Å². The molecule has 3 aromatic carbocycles. The molecule has 0 bridgehead atoms. The van der Waals surface area contributed by atoms with Crippen molar-refractivity contribution in [1.82, 2.24) is 9.88 Å². The second kappa shape index (κ2) is 8.63. The number of hydrogen-bond acceptors (Lipinski definition) is 5. The molecule has 0 spiro atoms. The fourth-order valence-corrected chi connectivity index (χ4v) is 4.70. The van der Waals surface area contributed by atoms with E-state index in [-0.39, 0.29) is 30.4 Å². The number of rotatable bonds is 4. The molecule has 6 rings (SSSR count). The highest BCUT2D eigenvalue weighted by Gasteiger charge is 2.37. The number of para-hydroxylation sites is 1. The summed E-state index contributed by atoms with van der Waals surface area (Å²) in [5.41, 5.74) is 2.74. The van der Waals surface area contributed by atoms with Crippen molar-refractivity contribution in [2.24, 2.45) is 0 Å². The third kappa shape index (κ3) is 3.72. The Morgan fingerprint density at radius 3 is 2.57 bits per heavy atom. The summed E-state index contributed by atoms with van der Waals surface area (Å²) in [5, 5.41) is 3.04. The minimum atomic E-state index is -0.857. The summed E-state index contributed by atoms with van der Waals surface area (Å²) in [6.07, 6.45) is 1.49. The Morgan fingerprint density at radius 1 is 0.973 bits per heavy atom. The average Bonchev–Trinajstić information content (AvgIpc) is 3.45. The lowest BCUT2D eigenvalue weighted by Crippen LogP contribution is -2.54. The maximum atomic E-state index is 14.4. The molecule has 2 aliphatic heterocycles. The summed E-state index contributed by atoms with van der Waals surface area (Å²) < 4.78 is 27.0. The van der Waals surface area contributed by atoms with Crippen LogP contribution in [-0.2, 0) is 16.1 Å². The van der Waals surface area contributed by atoms with Crippen LogP contribution in [0.25, 0.3) is 17.0 Å². The summed E-state index contributed by atoms with van der Waals surface area (Å²) >= 11 is 0. The van der Waals surface area contributed by atoms with Crippen molar-refractivity contribution in [3.05, 3.63) is 94.9 Å². The van der Waals surface area contributed by atoms with Crippen LogP contribution in [0.1, 0.15) is 16.8 Å². The van der Waals surface area contributed by atoms with E-state index in [0.29, 0.717) is 22.6 Å². The zero-order chi connectivity index (χ0) is 25.7. The van der Waals surface area contributed by atoms with E-state index in [0.717, 1.165) is 21.5 Å². The molecule has 0 atom stereocenters. The number of nitrogens with zero attached hydrogens (tertiary/aromatic N) is 2. The number of benzene rings is 3. The maximum absolute atomic E-state index is 14.4. The van der Waals surface area contributed by atoms with E-state index < -0.39 is 17.8 Å². The van der Waals surface area contributed by atoms with Gasteiger partial charge in [0.15, 0.2) is 11.5 Å². The van der Waals surface area contributed by atoms with Gasteiger partial charge >= 0.3 is 6.03 Å². The van der Waals surface area contributed by atoms with Gasteiger partial charge in [-0.25, -0.2) is 14.1 Å². The van der Waals surface area contributed by atoms with Gasteiger partial charge in [-0.2, -0.15) is 0 Å². The molecule has 2 aliphatic rings. The first-order valence-electron chi connectivity index (χ1n) is 11.5. The first kappa shape index (κ1) is 22.5. The maximum Gasteiger partial charge on any atom is 0.335 e. The lowest BCUT2D eigenvalue weighted by molar-refractivity contribution is -0.122. The Labute approximate surface area is 210 Å². The van der Waals surface area contributed by atoms with Gasteiger partial charge in [-0.1, -0.05) is 36.4 Å². The minimum absolute atomic E-state index is 0.0405. The van der Waals surface area contributed by atoms with Crippen LogP contribution in [-0.4, -0.2) is 29.2 Å². The Kier molecular flexibility index (Phi) is 5.26. The number of anilines is 1. The lowest BCUT2D eigenvalue weighted by Gasteiger charge is -2.26. The second-order valence-electron chi connectivity index (χ2n) is 8.69. The molecular weight excluding hydrogens is 477 g/mol. The van der Waals surface area contributed by atoms with Gasteiger partial charge in [-0.05, 0) is 37.3 Å². The van der Waals surface area contributed by atoms with Crippen LogP contribution in [0.5, 0.6) is 11.5 Å². The fraction of sp³-hybridized carbons (Fsp3) is 0.107. The van der Waals surface area contributed by atoms with E-state index in [9.17, 15) is 18.8 Å². The van der Waals surface area contributed by atoms with Gasteiger partial charge < -0.3 is 14.0 Å². The summed E-state index contributed by atoms with van der Waals surface area (Å²) in [6, 6.07) is 17.8. The molecule has 1 saturated heterocycles. The third-order valence-corrected chi connectivity index (χ3v) is 6.57. The average molecular weight is 497 g/mol. The largest absolute Gasteiger partial charge is 0.454 e. The van der Waals surface area contributed by atoms with Crippen LogP contribution in [0.2, 0.25) is 0 Å². The first-order valence-corrected chi connectivity index (χ1v) is 11.5. The molecule has 0 saturated carbocycles. The number of fused-ring (bicyclic) bond motifs is 2. The zero-order valence-electron chi connectivity index (χ0n) is 19.7. The second-order valence-corrected chi connectivity index (χ2v) is 8.69. The Morgan fingerprint density at radius 2 is 1.73 bits per heavy atom. The molecule has 37 heavy (non-hydrogen) atoms. The number of carbonyl (C=O) groups excluding carboxylic acids is 3. The molecule has 4 amide bonds. The summed E-state index contributed by atoms with van der Waals surface area (Å²) in [5.74, 6) is -0.985. The molecule has 1 N–H and O–H groups in total. The van der Waals surface area contributed by atoms with E-state index >= 15 is 0 Å². The molecule has 3 heterocycles. The van der Waals surface area contributed by atoms with Crippen LogP contribution in [0.3, 0.4) is 0 Å². The van der Waals surface area contributed by atoms with Crippen molar-refractivity contribution in [2.75, 3.05) is 11.7 Å². The number of urea groups is 1. The van der Waals surface area contributed by atoms with Crippen LogP contribution < -0.4 is 19.7 Å². The monoisotopic (exact) mass is 497 g/mol. The molecule has 4 aromatic rings. The van der Waals surface area contributed by atoms with E-state index in [4.69, 9.17) is 9.47 Å². The number of nitrogens with one attached hydrogen (secondary N) is 1. The number of barbiturate groups is 1. The van der Waals surface area contributed by atoms with E-state index in [1.54, 1.807) is 30.3 Å². The van der Waals surface area contributed by atoms with Crippen LogP contribution in [0.15, 0.2) is 72.3 Å². The highest BCUT2D eigenvalue weighted by molar-refractivity contribution is 6.39. The number of ether oxygens (including phenoxy) is 2. The van der Waals surface area contributed by atoms with Crippen molar-refractivity contribution in [2.45, 2.75) is 13.5 Å². The Balaban J connectivity index is 1.44. The summed E-state index contributed by atoms with van der Waals surface area (Å²) in [4.78, 5) is 39.9. The van der Waals surface area contributed by atoms with Gasteiger partial charge in [0.25, 0.3) is 11.8 Å². The topological polar surface area (TPSA) is 89.9 Å². The molecule has 0 unspecified atom stereocenters. The van der Waals surface area contributed by atoms with Crippen molar-refractivity contribution in [1.29, 1.82) is 0 Å². The van der Waals surface area contributed by atoms with Crippen LogP contribution >= 0.6 is 0 Å². The van der Waals surface area contributed by atoms with Gasteiger partial charge in [0, 0.05) is 33.8 Å². The molecule has 0 aliphatic carbocycles. The van der Waals surface area contributed by atoms with Crippen molar-refractivity contribution in [3.63, 3.8) is 0 Å². The highest BCUT2D eigenvalue weighted by atomic mass is 19.1. The number of amides is 4. The van der Waals surface area contributed by atoms with Gasteiger partial charge in [0.2, 0.25) is 6.79 Å². The Bertz CT molecular complexity index is 1660. The quantitative estimate of drug-likeness (QED) is 0.331. The predicted molar refractivity (Wildman–Crippen MR) is 134 cm³/mol. The fourth-order valence-electron chi connectivity index (χ4n) is 4.70. The molecule has 184 valence electrons. The van der Waals surface area contributed by atoms with E-state index in [1.807, 2.05) is 35.8 Å². The zero-order valence-corrected chi connectivity index (χ0v) is 19.7. The predicted octanol–water partition coefficient (Wildman–Crippen LogP) is 4.53. The van der Waals surface area contributed by atoms with Crippen LogP contribution in [0.4, 0.5) is 14.9 Å². The van der Waals surface area contributed by atoms with Crippen molar-refractivity contribution in [3.8, 4) is 11.5 Å². The standard InChI is InChI=1S/C28H20FN3O5/c1-16-20(19-7-3-5-9-23(19)31(16)14-17-6-2-4-8-22(17)29)13-21-26(33)30-28(35)32(27(21)34)18-10-11-24-25(12-18)37-15-36-24/h2-13H,14-15H2,1H3,(H,30,33,35). The van der Waals surface area contributed by atoms with E-state index in [2.05, 4.69) is 5.32 Å². The third-order valence-electron chi connectivity index (χ3n) is 6.57. The van der Waals surface area contributed by atoms with E-state index in [1.165, 1.54) is 18.2 Å². The number of carbonyl (C=O) groups is 3. The van der Waals surface area contributed by atoms with Crippen molar-refractivity contribution < 1.29 is 28.2 Å². The van der Waals surface area contributed by atoms with Crippen LogP contribution in [0, 0.1) is 12.7 Å². The number of hydrogen-bond donors (Lipinski definition) is 1. The van der Waals surface area contributed by atoms with Gasteiger partial charge in [-0.15, -0.1) is 0 Å².